The Bertz CT molecular complexity index is 611. The van der Waals surface area contributed by atoms with Crippen LogP contribution in [0.1, 0.15) is 18.2 Å². The Morgan fingerprint density at radius 1 is 1.35 bits per heavy atom. The molecule has 0 atom stereocenters. The van der Waals surface area contributed by atoms with Crippen molar-refractivity contribution >= 4 is 11.8 Å². The van der Waals surface area contributed by atoms with Gasteiger partial charge in [-0.3, -0.25) is 4.68 Å². The van der Waals surface area contributed by atoms with E-state index >= 15 is 0 Å². The van der Waals surface area contributed by atoms with Crippen LogP contribution in [0, 0.1) is 18.6 Å². The summed E-state index contributed by atoms with van der Waals surface area (Å²) in [6.45, 7) is 5.49. The third-order valence-corrected chi connectivity index (χ3v) is 4.20. The maximum atomic E-state index is 13.8. The van der Waals surface area contributed by atoms with Gasteiger partial charge in [-0.1, -0.05) is 18.7 Å². The topological polar surface area (TPSA) is 29.9 Å². The average molecular weight is 297 g/mol. The Morgan fingerprint density at radius 3 is 2.75 bits per heavy atom. The molecule has 0 unspecified atom stereocenters. The highest BCUT2D eigenvalue weighted by Crippen LogP contribution is 2.33. The molecule has 20 heavy (non-hydrogen) atoms. The number of aryl methyl sites for hydroxylation is 2. The molecule has 0 radical (unpaired) electrons. The number of aromatic nitrogens is 2. The zero-order chi connectivity index (χ0) is 14.7. The van der Waals surface area contributed by atoms with Gasteiger partial charge < -0.3 is 5.32 Å². The Morgan fingerprint density at radius 2 is 2.10 bits per heavy atom. The number of nitrogens with zero attached hydrogens (tertiary/aromatic N) is 2. The van der Waals surface area contributed by atoms with E-state index in [9.17, 15) is 8.78 Å². The second-order valence-corrected chi connectivity index (χ2v) is 5.48. The molecule has 1 aromatic carbocycles. The fraction of sp³-hybridized carbons (Fsp3) is 0.357. The molecule has 0 aliphatic carbocycles. The molecule has 0 bridgehead atoms. The summed E-state index contributed by atoms with van der Waals surface area (Å²) in [6, 6.07) is 3.61. The van der Waals surface area contributed by atoms with Gasteiger partial charge in [0.15, 0.2) is 0 Å². The van der Waals surface area contributed by atoms with Crippen molar-refractivity contribution in [1.29, 1.82) is 0 Å². The monoisotopic (exact) mass is 297 g/mol. The molecule has 1 heterocycles. The van der Waals surface area contributed by atoms with Crippen LogP contribution in [0.2, 0.25) is 0 Å². The van der Waals surface area contributed by atoms with Crippen LogP contribution in [0.4, 0.5) is 8.78 Å². The molecule has 3 nitrogen and oxygen atoms in total. The minimum Gasteiger partial charge on any atom is -0.313 e. The average Bonchev–Trinajstić information content (AvgIpc) is 2.65. The molecule has 0 amide bonds. The van der Waals surface area contributed by atoms with E-state index in [1.54, 1.807) is 4.68 Å². The van der Waals surface area contributed by atoms with Gasteiger partial charge in [0.25, 0.3) is 0 Å². The van der Waals surface area contributed by atoms with Gasteiger partial charge in [0.1, 0.15) is 16.7 Å². The summed E-state index contributed by atoms with van der Waals surface area (Å²) in [5.74, 6) is -1.12. The minimum absolute atomic E-state index is 0.396. The first kappa shape index (κ1) is 15.0. The number of hydrogen-bond donors (Lipinski definition) is 1. The fourth-order valence-electron chi connectivity index (χ4n) is 1.92. The van der Waals surface area contributed by atoms with Crippen molar-refractivity contribution in [2.45, 2.75) is 30.3 Å². The first-order chi connectivity index (χ1) is 9.52. The van der Waals surface area contributed by atoms with E-state index in [1.165, 1.54) is 23.9 Å². The zero-order valence-corrected chi connectivity index (χ0v) is 12.5. The summed E-state index contributed by atoms with van der Waals surface area (Å²) in [4.78, 5) is 0.396. The summed E-state index contributed by atoms with van der Waals surface area (Å²) >= 11 is 1.27. The van der Waals surface area contributed by atoms with Gasteiger partial charge in [-0.05, 0) is 25.6 Å². The van der Waals surface area contributed by atoms with Gasteiger partial charge in [-0.25, -0.2) is 8.78 Å². The molecule has 108 valence electrons. The normalized spacial score (nSPS) is 11.1. The van der Waals surface area contributed by atoms with E-state index in [4.69, 9.17) is 0 Å². The predicted molar refractivity (Wildman–Crippen MR) is 75.8 cm³/mol. The van der Waals surface area contributed by atoms with E-state index in [2.05, 4.69) is 10.4 Å². The Kier molecular flexibility index (Phi) is 4.77. The number of nitrogens with one attached hydrogen (secondary N) is 1. The largest absolute Gasteiger partial charge is 0.313 e. The number of halogens is 2. The zero-order valence-electron chi connectivity index (χ0n) is 11.7. The maximum Gasteiger partial charge on any atom is 0.140 e. The van der Waals surface area contributed by atoms with Crippen LogP contribution in [-0.2, 0) is 13.6 Å². The lowest BCUT2D eigenvalue weighted by Crippen LogP contribution is -2.12. The van der Waals surface area contributed by atoms with E-state index in [0.717, 1.165) is 28.9 Å². The molecule has 0 spiro atoms. The van der Waals surface area contributed by atoms with Gasteiger partial charge in [0.2, 0.25) is 0 Å². The van der Waals surface area contributed by atoms with Crippen molar-refractivity contribution in [3.8, 4) is 0 Å². The number of hydrogen-bond acceptors (Lipinski definition) is 3. The predicted octanol–water partition coefficient (Wildman–Crippen LogP) is 3.27. The quantitative estimate of drug-likeness (QED) is 0.918. The smallest absolute Gasteiger partial charge is 0.140 e. The fourth-order valence-corrected chi connectivity index (χ4v) is 2.94. The highest BCUT2D eigenvalue weighted by atomic mass is 32.2. The van der Waals surface area contributed by atoms with E-state index in [-0.39, 0.29) is 0 Å². The first-order valence-electron chi connectivity index (χ1n) is 6.39. The molecule has 0 saturated carbocycles. The molecule has 0 saturated heterocycles. The third kappa shape index (κ3) is 3.19. The van der Waals surface area contributed by atoms with Crippen LogP contribution >= 0.6 is 11.8 Å². The van der Waals surface area contributed by atoms with Crippen LogP contribution in [-0.4, -0.2) is 16.3 Å². The van der Waals surface area contributed by atoms with Crippen molar-refractivity contribution in [2.75, 3.05) is 6.54 Å². The van der Waals surface area contributed by atoms with Crippen LogP contribution in [0.3, 0.4) is 0 Å². The summed E-state index contributed by atoms with van der Waals surface area (Å²) in [6.07, 6.45) is 0. The summed E-state index contributed by atoms with van der Waals surface area (Å²) in [5, 5.41) is 8.48. The molecule has 2 rings (SSSR count). The third-order valence-electron chi connectivity index (χ3n) is 2.94. The molecule has 1 N–H and O–H groups in total. The second kappa shape index (κ2) is 6.37. The SMILES string of the molecule is CCNCc1c(C)nn(C)c1Sc1ccc(F)cc1F. The van der Waals surface area contributed by atoms with Gasteiger partial charge in [0, 0.05) is 30.1 Å². The summed E-state index contributed by atoms with van der Waals surface area (Å²) in [7, 11) is 1.83. The van der Waals surface area contributed by atoms with Gasteiger partial charge in [-0.15, -0.1) is 0 Å². The molecular weight excluding hydrogens is 280 g/mol. The lowest BCUT2D eigenvalue weighted by Gasteiger charge is -2.08. The Labute approximate surface area is 121 Å². The highest BCUT2D eigenvalue weighted by molar-refractivity contribution is 7.99. The molecule has 0 fully saturated rings. The first-order valence-corrected chi connectivity index (χ1v) is 7.20. The van der Waals surface area contributed by atoms with Crippen molar-refractivity contribution < 1.29 is 8.78 Å². The Balaban J connectivity index is 2.32. The molecule has 0 aliphatic rings. The van der Waals surface area contributed by atoms with Gasteiger partial charge in [0.05, 0.1) is 5.69 Å². The van der Waals surface area contributed by atoms with Crippen molar-refractivity contribution in [3.05, 3.63) is 41.1 Å². The number of rotatable bonds is 5. The van der Waals surface area contributed by atoms with E-state index in [0.29, 0.717) is 11.4 Å². The van der Waals surface area contributed by atoms with Crippen molar-refractivity contribution in [2.24, 2.45) is 7.05 Å². The van der Waals surface area contributed by atoms with E-state index < -0.39 is 11.6 Å². The summed E-state index contributed by atoms with van der Waals surface area (Å²) in [5.41, 5.74) is 1.96. The lowest BCUT2D eigenvalue weighted by atomic mass is 10.2. The van der Waals surface area contributed by atoms with Crippen LogP contribution in [0.25, 0.3) is 0 Å². The van der Waals surface area contributed by atoms with Crippen LogP contribution < -0.4 is 5.32 Å². The molecule has 0 aliphatic heterocycles. The number of benzene rings is 1. The molecular formula is C14H17F2N3S. The molecule has 2 aromatic rings. The molecule has 1 aromatic heterocycles. The second-order valence-electron chi connectivity index (χ2n) is 4.45. The highest BCUT2D eigenvalue weighted by Gasteiger charge is 2.16. The van der Waals surface area contributed by atoms with Crippen molar-refractivity contribution in [1.82, 2.24) is 15.1 Å². The molecule has 6 heteroatoms. The summed E-state index contributed by atoms with van der Waals surface area (Å²) < 4.78 is 28.4. The lowest BCUT2D eigenvalue weighted by molar-refractivity contribution is 0.565. The minimum atomic E-state index is -0.569. The van der Waals surface area contributed by atoms with Crippen molar-refractivity contribution in [3.63, 3.8) is 0 Å². The standard InChI is InChI=1S/C14H17F2N3S/c1-4-17-8-11-9(2)18-19(3)14(11)20-13-6-5-10(15)7-12(13)16/h5-7,17H,4,8H2,1-3H3. The van der Waals surface area contributed by atoms with Crippen LogP contribution in [0.5, 0.6) is 0 Å². The van der Waals surface area contributed by atoms with Gasteiger partial charge >= 0.3 is 0 Å². The Hall–Kier alpha value is -1.40. The van der Waals surface area contributed by atoms with Gasteiger partial charge in [-0.2, -0.15) is 5.10 Å². The van der Waals surface area contributed by atoms with Crippen LogP contribution in [0.15, 0.2) is 28.1 Å². The van der Waals surface area contributed by atoms with E-state index in [1.807, 2.05) is 20.9 Å². The maximum absolute atomic E-state index is 13.8.